The molecular weight excluding hydrogens is 210 g/mol. The van der Waals surface area contributed by atoms with E-state index in [0.29, 0.717) is 0 Å². The normalized spacial score (nSPS) is 13.3. The molecule has 1 amide bonds. The number of aryl methyl sites for hydroxylation is 2. The lowest BCUT2D eigenvalue weighted by Crippen LogP contribution is -2.36. The highest BCUT2D eigenvalue weighted by atomic mass is 16.2. The van der Waals surface area contributed by atoms with Crippen molar-refractivity contribution < 1.29 is 4.79 Å². The summed E-state index contributed by atoms with van der Waals surface area (Å²) in [5, 5.41) is 3.04. The van der Waals surface area contributed by atoms with Gasteiger partial charge in [-0.25, -0.2) is 0 Å². The smallest absolute Gasteiger partial charge is 0.225 e. The number of benzene rings is 1. The Morgan fingerprint density at radius 2 is 1.76 bits per heavy atom. The number of carbonyl (C=O) groups excluding carboxylic acids is 1. The number of carbonyl (C=O) groups is 1. The quantitative estimate of drug-likeness (QED) is 0.832. The zero-order valence-electron chi connectivity index (χ0n) is 11.7. The SMILES string of the molecule is Cc1ccc([C@@H](C)NC(=O)C(C)(C)C)cc1C. The van der Waals surface area contributed by atoms with Crippen LogP contribution in [0.4, 0.5) is 0 Å². The number of hydrogen-bond acceptors (Lipinski definition) is 1. The van der Waals surface area contributed by atoms with Crippen LogP contribution in [0.2, 0.25) is 0 Å². The van der Waals surface area contributed by atoms with Gasteiger partial charge in [0.2, 0.25) is 5.91 Å². The van der Waals surface area contributed by atoms with Crippen LogP contribution in [0.15, 0.2) is 18.2 Å². The molecule has 0 aromatic heterocycles. The van der Waals surface area contributed by atoms with Crippen molar-refractivity contribution in [3.63, 3.8) is 0 Å². The Hall–Kier alpha value is -1.31. The fourth-order valence-electron chi connectivity index (χ4n) is 1.53. The molecule has 0 aliphatic rings. The lowest BCUT2D eigenvalue weighted by atomic mass is 9.94. The number of nitrogens with one attached hydrogen (secondary N) is 1. The van der Waals surface area contributed by atoms with Crippen LogP contribution < -0.4 is 5.32 Å². The minimum Gasteiger partial charge on any atom is -0.349 e. The molecule has 0 heterocycles. The van der Waals surface area contributed by atoms with E-state index in [0.717, 1.165) is 5.56 Å². The lowest BCUT2D eigenvalue weighted by molar-refractivity contribution is -0.129. The van der Waals surface area contributed by atoms with Gasteiger partial charge in [-0.1, -0.05) is 39.0 Å². The van der Waals surface area contributed by atoms with Gasteiger partial charge in [0.25, 0.3) is 0 Å². The van der Waals surface area contributed by atoms with Crippen molar-refractivity contribution in [3.05, 3.63) is 34.9 Å². The van der Waals surface area contributed by atoms with Crippen LogP contribution in [0, 0.1) is 19.3 Å². The highest BCUT2D eigenvalue weighted by molar-refractivity contribution is 5.81. The molecule has 0 unspecified atom stereocenters. The fraction of sp³-hybridized carbons (Fsp3) is 0.533. The minimum absolute atomic E-state index is 0.0565. The van der Waals surface area contributed by atoms with Gasteiger partial charge in [-0.3, -0.25) is 4.79 Å². The molecule has 0 bridgehead atoms. The molecule has 1 atom stereocenters. The topological polar surface area (TPSA) is 29.1 Å². The maximum Gasteiger partial charge on any atom is 0.225 e. The second-order valence-electron chi connectivity index (χ2n) is 5.79. The van der Waals surface area contributed by atoms with Crippen LogP contribution in [0.5, 0.6) is 0 Å². The van der Waals surface area contributed by atoms with Crippen LogP contribution in [0.25, 0.3) is 0 Å². The third-order valence-corrected chi connectivity index (χ3v) is 3.06. The first-order valence-corrected chi connectivity index (χ1v) is 6.10. The molecule has 2 heteroatoms. The Balaban J connectivity index is 2.80. The van der Waals surface area contributed by atoms with E-state index in [4.69, 9.17) is 0 Å². The van der Waals surface area contributed by atoms with Crippen LogP contribution in [0.3, 0.4) is 0 Å². The van der Waals surface area contributed by atoms with E-state index >= 15 is 0 Å². The van der Waals surface area contributed by atoms with Crippen molar-refractivity contribution in [1.29, 1.82) is 0 Å². The monoisotopic (exact) mass is 233 g/mol. The molecule has 94 valence electrons. The van der Waals surface area contributed by atoms with E-state index < -0.39 is 0 Å². The van der Waals surface area contributed by atoms with Gasteiger partial charge in [0.1, 0.15) is 0 Å². The van der Waals surface area contributed by atoms with Gasteiger partial charge in [0.05, 0.1) is 6.04 Å². The number of hydrogen-bond donors (Lipinski definition) is 1. The summed E-state index contributed by atoms with van der Waals surface area (Å²) in [7, 11) is 0. The molecule has 2 nitrogen and oxygen atoms in total. The summed E-state index contributed by atoms with van der Waals surface area (Å²) in [4.78, 5) is 11.9. The Kier molecular flexibility index (Phi) is 3.97. The molecule has 0 aliphatic carbocycles. The average Bonchev–Trinajstić information content (AvgIpc) is 2.20. The molecule has 0 fully saturated rings. The summed E-state index contributed by atoms with van der Waals surface area (Å²) < 4.78 is 0. The third-order valence-electron chi connectivity index (χ3n) is 3.06. The number of amides is 1. The summed E-state index contributed by atoms with van der Waals surface area (Å²) in [5.41, 5.74) is 3.36. The van der Waals surface area contributed by atoms with Crippen molar-refractivity contribution in [2.75, 3.05) is 0 Å². The van der Waals surface area contributed by atoms with Crippen molar-refractivity contribution >= 4 is 5.91 Å². The van der Waals surface area contributed by atoms with Crippen LogP contribution in [-0.2, 0) is 4.79 Å². The van der Waals surface area contributed by atoms with Gasteiger partial charge in [0, 0.05) is 5.41 Å². The van der Waals surface area contributed by atoms with Crippen LogP contribution in [-0.4, -0.2) is 5.91 Å². The third kappa shape index (κ3) is 3.58. The molecule has 0 radical (unpaired) electrons. The highest BCUT2D eigenvalue weighted by Gasteiger charge is 2.22. The van der Waals surface area contributed by atoms with E-state index in [1.54, 1.807) is 0 Å². The standard InChI is InChI=1S/C15H23NO/c1-10-7-8-13(9-11(10)2)12(3)16-14(17)15(4,5)6/h7-9,12H,1-6H3,(H,16,17)/t12-/m1/s1. The largest absolute Gasteiger partial charge is 0.349 e. The Morgan fingerprint density at radius 1 is 1.18 bits per heavy atom. The Morgan fingerprint density at radius 3 is 2.24 bits per heavy atom. The molecule has 1 rings (SSSR count). The van der Waals surface area contributed by atoms with E-state index in [-0.39, 0.29) is 17.4 Å². The van der Waals surface area contributed by atoms with Crippen LogP contribution in [0.1, 0.15) is 50.4 Å². The van der Waals surface area contributed by atoms with Gasteiger partial charge in [-0.15, -0.1) is 0 Å². The second kappa shape index (κ2) is 4.91. The van der Waals surface area contributed by atoms with Gasteiger partial charge < -0.3 is 5.32 Å². The predicted octanol–water partition coefficient (Wildman–Crippen LogP) is 3.53. The van der Waals surface area contributed by atoms with Crippen molar-refractivity contribution in [1.82, 2.24) is 5.32 Å². The first-order chi connectivity index (χ1) is 7.71. The zero-order chi connectivity index (χ0) is 13.2. The molecule has 0 aliphatic heterocycles. The zero-order valence-corrected chi connectivity index (χ0v) is 11.7. The summed E-state index contributed by atoms with van der Waals surface area (Å²) in [6, 6.07) is 6.38. The van der Waals surface area contributed by atoms with E-state index in [2.05, 4.69) is 37.4 Å². The fourth-order valence-corrected chi connectivity index (χ4v) is 1.53. The van der Waals surface area contributed by atoms with Crippen molar-refractivity contribution in [2.45, 2.75) is 47.6 Å². The van der Waals surface area contributed by atoms with Crippen LogP contribution >= 0.6 is 0 Å². The van der Waals surface area contributed by atoms with E-state index in [1.165, 1.54) is 11.1 Å². The maximum absolute atomic E-state index is 11.9. The number of rotatable bonds is 2. The molecule has 0 saturated carbocycles. The molecular formula is C15H23NO. The van der Waals surface area contributed by atoms with E-state index in [9.17, 15) is 4.79 Å². The molecule has 1 aromatic carbocycles. The summed E-state index contributed by atoms with van der Waals surface area (Å²) in [6.07, 6.45) is 0. The Labute approximate surface area is 104 Å². The van der Waals surface area contributed by atoms with Gasteiger partial charge >= 0.3 is 0 Å². The highest BCUT2D eigenvalue weighted by Crippen LogP contribution is 2.19. The van der Waals surface area contributed by atoms with Gasteiger partial charge in [0.15, 0.2) is 0 Å². The molecule has 0 spiro atoms. The van der Waals surface area contributed by atoms with Gasteiger partial charge in [-0.05, 0) is 37.5 Å². The molecule has 1 N–H and O–H groups in total. The van der Waals surface area contributed by atoms with Crippen molar-refractivity contribution in [2.24, 2.45) is 5.41 Å². The molecule has 17 heavy (non-hydrogen) atoms. The second-order valence-corrected chi connectivity index (χ2v) is 5.79. The molecule has 1 aromatic rings. The first-order valence-electron chi connectivity index (χ1n) is 6.10. The summed E-state index contributed by atoms with van der Waals surface area (Å²) in [5.74, 6) is 0.0863. The van der Waals surface area contributed by atoms with Gasteiger partial charge in [-0.2, -0.15) is 0 Å². The molecule has 0 saturated heterocycles. The maximum atomic E-state index is 11.9. The van der Waals surface area contributed by atoms with Crippen molar-refractivity contribution in [3.8, 4) is 0 Å². The predicted molar refractivity (Wildman–Crippen MR) is 71.9 cm³/mol. The summed E-state index contributed by atoms with van der Waals surface area (Å²) in [6.45, 7) is 12.0. The minimum atomic E-state index is -0.339. The summed E-state index contributed by atoms with van der Waals surface area (Å²) >= 11 is 0. The lowest BCUT2D eigenvalue weighted by Gasteiger charge is -2.22. The van der Waals surface area contributed by atoms with E-state index in [1.807, 2.05) is 27.7 Å². The average molecular weight is 233 g/mol. The Bertz CT molecular complexity index is 415. The first kappa shape index (κ1) is 13.8.